The Hall–Kier alpha value is -1.10. The predicted molar refractivity (Wildman–Crippen MR) is 52.9 cm³/mol. The second kappa shape index (κ2) is 4.23. The first-order valence-corrected chi connectivity index (χ1v) is 4.91. The summed E-state index contributed by atoms with van der Waals surface area (Å²) in [5.74, 6) is 0. The lowest BCUT2D eigenvalue weighted by Gasteiger charge is -2.09. The molecule has 4 nitrogen and oxygen atoms in total. The van der Waals surface area contributed by atoms with Gasteiger partial charge in [0.1, 0.15) is 5.01 Å². The van der Waals surface area contributed by atoms with E-state index in [4.69, 9.17) is 0 Å². The first-order chi connectivity index (χ1) is 6.13. The molecule has 72 valence electrons. The van der Waals surface area contributed by atoms with Crippen molar-refractivity contribution in [2.45, 2.75) is 19.9 Å². The number of rotatable bonds is 2. The van der Waals surface area contributed by atoms with Crippen molar-refractivity contribution in [3.05, 3.63) is 16.1 Å². The van der Waals surface area contributed by atoms with Crippen LogP contribution in [0.5, 0.6) is 0 Å². The van der Waals surface area contributed by atoms with Gasteiger partial charge in [0.2, 0.25) is 0 Å². The number of carbonyl (C=O) groups is 1. The molecule has 1 rings (SSSR count). The minimum atomic E-state index is -0.180. The Morgan fingerprint density at radius 3 is 2.85 bits per heavy atom. The number of aromatic nitrogens is 1. The SMILES string of the molecule is CNC(=O)NC(C)c1nc(C)cs1. The molecular weight excluding hydrogens is 186 g/mol. The number of hydrogen-bond donors (Lipinski definition) is 2. The maximum Gasteiger partial charge on any atom is 0.315 e. The van der Waals surface area contributed by atoms with E-state index in [9.17, 15) is 4.79 Å². The highest BCUT2D eigenvalue weighted by atomic mass is 32.1. The molecule has 0 saturated carbocycles. The Morgan fingerprint density at radius 2 is 2.38 bits per heavy atom. The highest BCUT2D eigenvalue weighted by Crippen LogP contribution is 2.16. The molecule has 0 aliphatic heterocycles. The zero-order valence-electron chi connectivity index (χ0n) is 7.92. The number of urea groups is 1. The predicted octanol–water partition coefficient (Wildman–Crippen LogP) is 1.44. The van der Waals surface area contributed by atoms with Crippen molar-refractivity contribution in [3.8, 4) is 0 Å². The van der Waals surface area contributed by atoms with E-state index < -0.39 is 0 Å². The lowest BCUT2D eigenvalue weighted by atomic mass is 10.3. The monoisotopic (exact) mass is 199 g/mol. The third-order valence-electron chi connectivity index (χ3n) is 1.58. The molecule has 0 aromatic carbocycles. The third-order valence-corrected chi connectivity index (χ3v) is 2.73. The summed E-state index contributed by atoms with van der Waals surface area (Å²) in [7, 11) is 1.59. The smallest absolute Gasteiger partial charge is 0.315 e. The molecule has 2 N–H and O–H groups in total. The Kier molecular flexibility index (Phi) is 3.25. The molecule has 1 aromatic heterocycles. The quantitative estimate of drug-likeness (QED) is 0.757. The van der Waals surface area contributed by atoms with Gasteiger partial charge in [0.25, 0.3) is 0 Å². The topological polar surface area (TPSA) is 54.0 Å². The standard InChI is InChI=1S/C8H13N3OS/c1-5-4-13-7(10-5)6(2)11-8(12)9-3/h4,6H,1-3H3,(H2,9,11,12). The Labute approximate surface area is 81.4 Å². The summed E-state index contributed by atoms with van der Waals surface area (Å²) in [5, 5.41) is 8.16. The van der Waals surface area contributed by atoms with Crippen molar-refractivity contribution in [1.82, 2.24) is 15.6 Å². The van der Waals surface area contributed by atoms with E-state index in [1.165, 1.54) is 0 Å². The van der Waals surface area contributed by atoms with Crippen LogP contribution in [0.4, 0.5) is 4.79 Å². The zero-order chi connectivity index (χ0) is 9.84. The molecule has 2 amide bonds. The van der Waals surface area contributed by atoms with Crippen molar-refractivity contribution in [2.75, 3.05) is 7.05 Å². The van der Waals surface area contributed by atoms with Crippen molar-refractivity contribution in [2.24, 2.45) is 0 Å². The Morgan fingerprint density at radius 1 is 1.69 bits per heavy atom. The van der Waals surface area contributed by atoms with E-state index in [0.29, 0.717) is 0 Å². The zero-order valence-corrected chi connectivity index (χ0v) is 8.73. The molecule has 0 aliphatic carbocycles. The molecule has 1 aromatic rings. The van der Waals surface area contributed by atoms with Crippen LogP contribution in [0, 0.1) is 6.92 Å². The van der Waals surface area contributed by atoms with Crippen molar-refractivity contribution in [3.63, 3.8) is 0 Å². The molecule has 1 heterocycles. The molecule has 1 unspecified atom stereocenters. The van der Waals surface area contributed by atoms with Gasteiger partial charge < -0.3 is 10.6 Å². The summed E-state index contributed by atoms with van der Waals surface area (Å²) < 4.78 is 0. The van der Waals surface area contributed by atoms with Gasteiger partial charge in [-0.2, -0.15) is 0 Å². The van der Waals surface area contributed by atoms with Crippen LogP contribution in [-0.2, 0) is 0 Å². The van der Waals surface area contributed by atoms with Gasteiger partial charge in [-0.3, -0.25) is 0 Å². The minimum absolute atomic E-state index is 0.0290. The Bertz CT molecular complexity index is 297. The molecule has 0 bridgehead atoms. The number of hydrogen-bond acceptors (Lipinski definition) is 3. The van der Waals surface area contributed by atoms with E-state index in [2.05, 4.69) is 15.6 Å². The van der Waals surface area contributed by atoms with Gasteiger partial charge in [-0.15, -0.1) is 11.3 Å². The number of amides is 2. The largest absolute Gasteiger partial charge is 0.341 e. The molecule has 0 aliphatic rings. The second-order valence-corrected chi connectivity index (χ2v) is 3.66. The van der Waals surface area contributed by atoms with Crippen molar-refractivity contribution in [1.29, 1.82) is 0 Å². The third kappa shape index (κ3) is 2.69. The summed E-state index contributed by atoms with van der Waals surface area (Å²) in [6, 6.07) is -0.209. The summed E-state index contributed by atoms with van der Waals surface area (Å²) in [6.45, 7) is 3.85. The van der Waals surface area contributed by atoms with Crippen LogP contribution >= 0.6 is 11.3 Å². The van der Waals surface area contributed by atoms with E-state index >= 15 is 0 Å². The number of thiazole rings is 1. The van der Waals surface area contributed by atoms with Gasteiger partial charge in [0.05, 0.1) is 6.04 Å². The maximum atomic E-state index is 11.0. The van der Waals surface area contributed by atoms with Crippen LogP contribution in [-0.4, -0.2) is 18.1 Å². The molecular formula is C8H13N3OS. The van der Waals surface area contributed by atoms with E-state index in [1.54, 1.807) is 18.4 Å². The fourth-order valence-corrected chi connectivity index (χ4v) is 1.71. The van der Waals surface area contributed by atoms with Gasteiger partial charge in [-0.25, -0.2) is 9.78 Å². The van der Waals surface area contributed by atoms with Gasteiger partial charge in [0, 0.05) is 18.1 Å². The fraction of sp³-hybridized carbons (Fsp3) is 0.500. The average molecular weight is 199 g/mol. The first-order valence-electron chi connectivity index (χ1n) is 4.03. The summed E-state index contributed by atoms with van der Waals surface area (Å²) in [5.41, 5.74) is 0.991. The van der Waals surface area contributed by atoms with Crippen LogP contribution in [0.3, 0.4) is 0 Å². The second-order valence-electron chi connectivity index (χ2n) is 2.77. The first kappa shape index (κ1) is 9.98. The highest BCUT2D eigenvalue weighted by molar-refractivity contribution is 7.09. The average Bonchev–Trinajstić information content (AvgIpc) is 2.51. The van der Waals surface area contributed by atoms with Crippen LogP contribution in [0.25, 0.3) is 0 Å². The van der Waals surface area contributed by atoms with Gasteiger partial charge in [-0.1, -0.05) is 0 Å². The maximum absolute atomic E-state index is 11.0. The van der Waals surface area contributed by atoms with Crippen LogP contribution < -0.4 is 10.6 Å². The van der Waals surface area contributed by atoms with Crippen molar-refractivity contribution >= 4 is 17.4 Å². The molecule has 13 heavy (non-hydrogen) atoms. The summed E-state index contributed by atoms with van der Waals surface area (Å²) in [4.78, 5) is 15.2. The number of aryl methyl sites for hydroxylation is 1. The van der Waals surface area contributed by atoms with Crippen LogP contribution in [0.15, 0.2) is 5.38 Å². The molecule has 0 fully saturated rings. The molecule has 0 radical (unpaired) electrons. The van der Waals surface area contributed by atoms with Crippen molar-refractivity contribution < 1.29 is 4.79 Å². The number of carbonyl (C=O) groups excluding carboxylic acids is 1. The van der Waals surface area contributed by atoms with Gasteiger partial charge >= 0.3 is 6.03 Å². The van der Waals surface area contributed by atoms with Crippen LogP contribution in [0.2, 0.25) is 0 Å². The minimum Gasteiger partial charge on any atom is -0.341 e. The van der Waals surface area contributed by atoms with E-state index in [1.807, 2.05) is 19.2 Å². The van der Waals surface area contributed by atoms with Gasteiger partial charge in [0.15, 0.2) is 0 Å². The normalized spacial score (nSPS) is 12.2. The number of nitrogens with one attached hydrogen (secondary N) is 2. The Balaban J connectivity index is 2.58. The highest BCUT2D eigenvalue weighted by Gasteiger charge is 2.10. The van der Waals surface area contributed by atoms with E-state index in [-0.39, 0.29) is 12.1 Å². The lowest BCUT2D eigenvalue weighted by molar-refractivity contribution is 0.240. The van der Waals surface area contributed by atoms with E-state index in [0.717, 1.165) is 10.7 Å². The molecule has 5 heteroatoms. The number of nitrogens with zero attached hydrogens (tertiary/aromatic N) is 1. The molecule has 0 spiro atoms. The van der Waals surface area contributed by atoms with Gasteiger partial charge in [-0.05, 0) is 13.8 Å². The summed E-state index contributed by atoms with van der Waals surface area (Å²) in [6.07, 6.45) is 0. The fourth-order valence-electron chi connectivity index (χ4n) is 0.902. The van der Waals surface area contributed by atoms with Crippen LogP contribution in [0.1, 0.15) is 23.7 Å². The lowest BCUT2D eigenvalue weighted by Crippen LogP contribution is -2.34. The molecule has 0 saturated heterocycles. The summed E-state index contributed by atoms with van der Waals surface area (Å²) >= 11 is 1.56. The molecule has 1 atom stereocenters.